The van der Waals surface area contributed by atoms with Crippen LogP contribution in [0.2, 0.25) is 0 Å². The van der Waals surface area contributed by atoms with E-state index in [1.54, 1.807) is 4.90 Å². The van der Waals surface area contributed by atoms with E-state index in [0.29, 0.717) is 31.5 Å². The van der Waals surface area contributed by atoms with Crippen molar-refractivity contribution in [3.8, 4) is 0 Å². The standard InChI is InChI=1S/C20H24F5NO3/c21-16(22)12-29-13-19(28)7-5-18(6-8-19)9-10-26(17(18)27)15-3-1-14(2-4-15)11-20(23,24)25/h1-4,16,28H,5-13H2/t18-,19+. The van der Waals surface area contributed by atoms with Gasteiger partial charge in [-0.25, -0.2) is 8.78 Å². The molecule has 1 aromatic carbocycles. The Kier molecular flexibility index (Phi) is 6.19. The first-order chi connectivity index (χ1) is 13.5. The van der Waals surface area contributed by atoms with Gasteiger partial charge in [-0.05, 0) is 49.8 Å². The summed E-state index contributed by atoms with van der Waals surface area (Å²) in [6.07, 6.45) is -5.91. The zero-order chi connectivity index (χ0) is 21.3. The van der Waals surface area contributed by atoms with Gasteiger partial charge in [0.1, 0.15) is 6.61 Å². The molecule has 1 saturated heterocycles. The molecule has 2 fully saturated rings. The van der Waals surface area contributed by atoms with Crippen molar-refractivity contribution < 1.29 is 36.6 Å². The number of alkyl halides is 5. The Labute approximate surface area is 165 Å². The summed E-state index contributed by atoms with van der Waals surface area (Å²) in [6, 6.07) is 5.80. The number of benzene rings is 1. The lowest BCUT2D eigenvalue weighted by atomic mass is 9.68. The molecular weight excluding hydrogens is 397 g/mol. The van der Waals surface area contributed by atoms with Crippen LogP contribution in [0.3, 0.4) is 0 Å². The topological polar surface area (TPSA) is 49.8 Å². The molecule has 162 valence electrons. The lowest BCUT2D eigenvalue weighted by molar-refractivity contribution is -0.135. The maximum atomic E-state index is 13.0. The largest absolute Gasteiger partial charge is 0.393 e. The second-order valence-electron chi connectivity index (χ2n) is 8.08. The van der Waals surface area contributed by atoms with E-state index in [1.807, 2.05) is 0 Å². The van der Waals surface area contributed by atoms with Gasteiger partial charge in [0.15, 0.2) is 0 Å². The molecule has 1 aromatic rings. The Bertz CT molecular complexity index is 712. The average Bonchev–Trinajstić information content (AvgIpc) is 2.94. The van der Waals surface area contributed by atoms with Crippen LogP contribution in [-0.2, 0) is 16.0 Å². The minimum Gasteiger partial charge on any atom is -0.387 e. The molecule has 1 N–H and O–H groups in total. The molecule has 1 heterocycles. The van der Waals surface area contributed by atoms with Gasteiger partial charge >= 0.3 is 6.18 Å². The zero-order valence-corrected chi connectivity index (χ0v) is 15.9. The van der Waals surface area contributed by atoms with Crippen LogP contribution in [0.1, 0.15) is 37.7 Å². The highest BCUT2D eigenvalue weighted by atomic mass is 19.4. The summed E-state index contributed by atoms with van der Waals surface area (Å²) < 4.78 is 66.8. The molecule has 1 spiro atoms. The van der Waals surface area contributed by atoms with Gasteiger partial charge in [-0.1, -0.05) is 12.1 Å². The summed E-state index contributed by atoms with van der Waals surface area (Å²) in [6.45, 7) is -0.464. The van der Waals surface area contributed by atoms with Gasteiger partial charge in [-0.3, -0.25) is 4.79 Å². The minimum atomic E-state index is -4.28. The first-order valence-corrected chi connectivity index (χ1v) is 9.58. The summed E-state index contributed by atoms with van der Waals surface area (Å²) in [5, 5.41) is 10.5. The first-order valence-electron chi connectivity index (χ1n) is 9.58. The highest BCUT2D eigenvalue weighted by Crippen LogP contribution is 2.48. The van der Waals surface area contributed by atoms with E-state index in [0.717, 1.165) is 0 Å². The van der Waals surface area contributed by atoms with Crippen molar-refractivity contribution in [2.75, 3.05) is 24.7 Å². The van der Waals surface area contributed by atoms with Crippen molar-refractivity contribution in [1.82, 2.24) is 0 Å². The van der Waals surface area contributed by atoms with Gasteiger partial charge < -0.3 is 14.7 Å². The van der Waals surface area contributed by atoms with Crippen molar-refractivity contribution in [3.05, 3.63) is 29.8 Å². The van der Waals surface area contributed by atoms with Crippen LogP contribution in [0.25, 0.3) is 0 Å². The Morgan fingerprint density at radius 1 is 1.07 bits per heavy atom. The van der Waals surface area contributed by atoms with Crippen LogP contribution in [0.5, 0.6) is 0 Å². The predicted molar refractivity (Wildman–Crippen MR) is 95.8 cm³/mol. The number of ether oxygens (including phenoxy) is 1. The third-order valence-corrected chi connectivity index (χ3v) is 5.92. The Morgan fingerprint density at radius 3 is 2.24 bits per heavy atom. The van der Waals surface area contributed by atoms with Crippen molar-refractivity contribution in [1.29, 1.82) is 0 Å². The number of anilines is 1. The number of nitrogens with zero attached hydrogens (tertiary/aromatic N) is 1. The summed E-state index contributed by atoms with van der Waals surface area (Å²) >= 11 is 0. The number of carbonyl (C=O) groups excluding carboxylic acids is 1. The molecule has 1 amide bonds. The van der Waals surface area contributed by atoms with E-state index in [4.69, 9.17) is 4.74 Å². The second kappa shape index (κ2) is 8.18. The van der Waals surface area contributed by atoms with Crippen LogP contribution in [-0.4, -0.2) is 49.0 Å². The molecule has 29 heavy (non-hydrogen) atoms. The quantitative estimate of drug-likeness (QED) is 0.704. The monoisotopic (exact) mass is 421 g/mol. The molecular formula is C20H24F5NO3. The fourth-order valence-corrected chi connectivity index (χ4v) is 4.23. The molecule has 0 unspecified atom stereocenters. The van der Waals surface area contributed by atoms with Crippen LogP contribution < -0.4 is 4.90 Å². The Hall–Kier alpha value is -1.74. The summed E-state index contributed by atoms with van der Waals surface area (Å²) in [4.78, 5) is 14.6. The molecule has 9 heteroatoms. The lowest BCUT2D eigenvalue weighted by Crippen LogP contribution is -2.46. The summed E-state index contributed by atoms with van der Waals surface area (Å²) in [5.74, 6) is -0.100. The summed E-state index contributed by atoms with van der Waals surface area (Å²) in [7, 11) is 0. The molecule has 4 nitrogen and oxygen atoms in total. The van der Waals surface area contributed by atoms with E-state index in [9.17, 15) is 31.9 Å². The smallest absolute Gasteiger partial charge is 0.387 e. The predicted octanol–water partition coefficient (Wildman–Crippen LogP) is 4.10. The number of hydrogen-bond acceptors (Lipinski definition) is 3. The molecule has 1 saturated carbocycles. The van der Waals surface area contributed by atoms with Crippen molar-refractivity contribution in [2.45, 2.75) is 56.7 Å². The van der Waals surface area contributed by atoms with E-state index >= 15 is 0 Å². The highest BCUT2D eigenvalue weighted by molar-refractivity contribution is 6.00. The average molecular weight is 421 g/mol. The third kappa shape index (κ3) is 5.25. The third-order valence-electron chi connectivity index (χ3n) is 5.92. The SMILES string of the molecule is O=C1N(c2ccc(CC(F)(F)F)cc2)CC[C@]12CC[C@@](O)(COCC(F)F)CC2. The van der Waals surface area contributed by atoms with Gasteiger partial charge in [0.2, 0.25) is 5.91 Å². The number of amides is 1. The number of aliphatic hydroxyl groups is 1. The van der Waals surface area contributed by atoms with Gasteiger partial charge in [0.25, 0.3) is 6.43 Å². The Morgan fingerprint density at radius 2 is 1.69 bits per heavy atom. The molecule has 1 aliphatic heterocycles. The van der Waals surface area contributed by atoms with Crippen molar-refractivity contribution in [2.24, 2.45) is 5.41 Å². The Balaban J connectivity index is 1.60. The molecule has 0 aromatic heterocycles. The fourth-order valence-electron chi connectivity index (χ4n) is 4.23. The van der Waals surface area contributed by atoms with Gasteiger partial charge in [0, 0.05) is 12.2 Å². The fraction of sp³-hybridized carbons (Fsp3) is 0.650. The zero-order valence-electron chi connectivity index (χ0n) is 15.9. The lowest BCUT2D eigenvalue weighted by Gasteiger charge is -2.40. The number of halogens is 5. The van der Waals surface area contributed by atoms with Gasteiger partial charge in [0.05, 0.1) is 24.0 Å². The van der Waals surface area contributed by atoms with Crippen LogP contribution in [0, 0.1) is 5.41 Å². The van der Waals surface area contributed by atoms with Crippen molar-refractivity contribution in [3.63, 3.8) is 0 Å². The normalized spacial score (nSPS) is 28.0. The molecule has 0 bridgehead atoms. The number of rotatable bonds is 6. The highest BCUT2D eigenvalue weighted by Gasteiger charge is 2.51. The first kappa shape index (κ1) is 22.0. The van der Waals surface area contributed by atoms with E-state index in [1.165, 1.54) is 24.3 Å². The van der Waals surface area contributed by atoms with E-state index in [2.05, 4.69) is 0 Å². The van der Waals surface area contributed by atoms with Crippen LogP contribution in [0.15, 0.2) is 24.3 Å². The molecule has 1 aliphatic carbocycles. The number of carbonyl (C=O) groups is 1. The number of hydrogen-bond donors (Lipinski definition) is 1. The maximum Gasteiger partial charge on any atom is 0.393 e. The molecule has 3 rings (SSSR count). The van der Waals surface area contributed by atoms with Gasteiger partial charge in [-0.15, -0.1) is 0 Å². The van der Waals surface area contributed by atoms with Crippen LogP contribution in [0.4, 0.5) is 27.6 Å². The maximum absolute atomic E-state index is 13.0. The molecule has 2 aliphatic rings. The molecule has 0 radical (unpaired) electrons. The van der Waals surface area contributed by atoms with Gasteiger partial charge in [-0.2, -0.15) is 13.2 Å². The molecule has 0 atom stereocenters. The van der Waals surface area contributed by atoms with E-state index < -0.39 is 36.6 Å². The van der Waals surface area contributed by atoms with Crippen LogP contribution >= 0.6 is 0 Å². The van der Waals surface area contributed by atoms with Crippen molar-refractivity contribution >= 4 is 11.6 Å². The minimum absolute atomic E-state index is 0.100. The second-order valence-corrected chi connectivity index (χ2v) is 8.08. The van der Waals surface area contributed by atoms with E-state index in [-0.39, 0.29) is 30.9 Å². The summed E-state index contributed by atoms with van der Waals surface area (Å²) in [5.41, 5.74) is -1.15.